The average molecular weight is 544 g/mol. The number of nitriles is 1. The number of aromatic nitrogens is 1. The summed E-state index contributed by atoms with van der Waals surface area (Å²) in [5.74, 6) is -0.728. The second-order valence-electron chi connectivity index (χ2n) is 9.47. The molecule has 5 rings (SSSR count). The molecule has 6 nitrogen and oxygen atoms in total. The average Bonchev–Trinajstić information content (AvgIpc) is 3.50. The van der Waals surface area contributed by atoms with E-state index in [0.717, 1.165) is 58.8 Å². The Labute approximate surface area is 231 Å². The summed E-state index contributed by atoms with van der Waals surface area (Å²) in [5.41, 5.74) is 6.75. The number of hydrogen-bond donors (Lipinski definition) is 1. The Kier molecular flexibility index (Phi) is 7.33. The third-order valence-corrected chi connectivity index (χ3v) is 9.16. The molecule has 8 heteroatoms. The molecule has 3 aromatic rings. The highest BCUT2D eigenvalue weighted by atomic mass is 32.2. The maximum absolute atomic E-state index is 12.8. The predicted molar refractivity (Wildman–Crippen MR) is 155 cm³/mol. The summed E-state index contributed by atoms with van der Waals surface area (Å²) >= 11 is 2.96. The first-order valence-electron chi connectivity index (χ1n) is 12.7. The number of carbonyl (C=O) groups is 1. The van der Waals surface area contributed by atoms with E-state index in [1.54, 1.807) is 18.3 Å². The highest BCUT2D eigenvalue weighted by molar-refractivity contribution is 8.18. The Morgan fingerprint density at radius 3 is 2.66 bits per heavy atom. The second kappa shape index (κ2) is 10.7. The Morgan fingerprint density at radius 1 is 1.21 bits per heavy atom. The standard InChI is InChI=1S/C30H29N3O3S2/c1-5-36-30(35)26-27(34)25(37-28(26)32-21-12-10-17(2)11-13-21)15-20-14-18(3)33(19(20)4)29-23(16-31)22-8-6-7-9-24(22)38-29/h10-15,34H,5-9H2,1-4H3/b25-15+,32-28?. The summed E-state index contributed by atoms with van der Waals surface area (Å²) in [5, 5.41) is 22.5. The molecule has 194 valence electrons. The van der Waals surface area contributed by atoms with Crippen LogP contribution in [0.4, 0.5) is 5.69 Å². The quantitative estimate of drug-likeness (QED) is 0.339. The van der Waals surface area contributed by atoms with Gasteiger partial charge in [0.1, 0.15) is 27.4 Å². The number of aliphatic hydroxyl groups is 1. The van der Waals surface area contributed by atoms with Gasteiger partial charge < -0.3 is 14.4 Å². The van der Waals surface area contributed by atoms with Crippen LogP contribution >= 0.6 is 23.1 Å². The van der Waals surface area contributed by atoms with Gasteiger partial charge in [0, 0.05) is 16.3 Å². The molecular weight excluding hydrogens is 514 g/mol. The first-order valence-corrected chi connectivity index (χ1v) is 14.4. The van der Waals surface area contributed by atoms with E-state index in [0.29, 0.717) is 15.6 Å². The van der Waals surface area contributed by atoms with Crippen molar-refractivity contribution in [3.8, 4) is 11.1 Å². The first kappa shape index (κ1) is 26.1. The van der Waals surface area contributed by atoms with Crippen molar-refractivity contribution in [1.82, 2.24) is 4.57 Å². The molecule has 2 aromatic heterocycles. The summed E-state index contributed by atoms with van der Waals surface area (Å²) in [7, 11) is 0. The van der Waals surface area contributed by atoms with Crippen molar-refractivity contribution in [2.24, 2.45) is 4.99 Å². The Hall–Kier alpha value is -3.54. The maximum atomic E-state index is 12.8. The lowest BCUT2D eigenvalue weighted by Gasteiger charge is -2.10. The van der Waals surface area contributed by atoms with Crippen molar-refractivity contribution < 1.29 is 14.6 Å². The largest absolute Gasteiger partial charge is 0.506 e. The number of thioether (sulfide) groups is 1. The molecule has 0 saturated heterocycles. The fraction of sp³-hybridized carbons (Fsp3) is 0.300. The zero-order chi connectivity index (χ0) is 27.0. The lowest BCUT2D eigenvalue weighted by molar-refractivity contribution is -0.138. The number of aryl methyl sites for hydroxylation is 3. The summed E-state index contributed by atoms with van der Waals surface area (Å²) in [6.45, 7) is 7.98. The normalized spacial score (nSPS) is 17.2. The van der Waals surface area contributed by atoms with Crippen LogP contribution in [-0.4, -0.2) is 27.3 Å². The van der Waals surface area contributed by atoms with E-state index >= 15 is 0 Å². The third kappa shape index (κ3) is 4.72. The molecule has 0 radical (unpaired) electrons. The Balaban J connectivity index is 1.57. The van der Waals surface area contributed by atoms with E-state index in [2.05, 4.69) is 21.7 Å². The van der Waals surface area contributed by atoms with Gasteiger partial charge in [-0.05, 0) is 88.8 Å². The molecule has 0 fully saturated rings. The van der Waals surface area contributed by atoms with Crippen LogP contribution in [0.3, 0.4) is 0 Å². The van der Waals surface area contributed by atoms with Gasteiger partial charge in [-0.25, -0.2) is 9.79 Å². The second-order valence-corrected chi connectivity index (χ2v) is 11.6. The smallest absolute Gasteiger partial charge is 0.344 e. The van der Waals surface area contributed by atoms with Crippen molar-refractivity contribution in [3.05, 3.63) is 85.1 Å². The van der Waals surface area contributed by atoms with Crippen LogP contribution in [0.5, 0.6) is 0 Å². The lowest BCUT2D eigenvalue weighted by atomic mass is 9.96. The van der Waals surface area contributed by atoms with Gasteiger partial charge in [-0.1, -0.05) is 29.5 Å². The van der Waals surface area contributed by atoms with Crippen LogP contribution in [-0.2, 0) is 22.4 Å². The number of aliphatic hydroxyl groups excluding tert-OH is 1. The number of thiophene rings is 1. The van der Waals surface area contributed by atoms with E-state index in [4.69, 9.17) is 4.74 Å². The van der Waals surface area contributed by atoms with Crippen molar-refractivity contribution in [1.29, 1.82) is 5.26 Å². The number of nitrogens with zero attached hydrogens (tertiary/aromatic N) is 3. The number of esters is 1. The van der Waals surface area contributed by atoms with Crippen LogP contribution < -0.4 is 0 Å². The molecule has 0 amide bonds. The molecular formula is C30H29N3O3S2. The molecule has 0 saturated carbocycles. The number of fused-ring (bicyclic) bond motifs is 1. The van der Waals surface area contributed by atoms with E-state index in [1.807, 2.05) is 51.1 Å². The van der Waals surface area contributed by atoms with Crippen molar-refractivity contribution >= 4 is 45.9 Å². The van der Waals surface area contributed by atoms with Crippen LogP contribution in [0.25, 0.3) is 11.1 Å². The molecule has 1 aliphatic carbocycles. The maximum Gasteiger partial charge on any atom is 0.344 e. The van der Waals surface area contributed by atoms with Gasteiger partial charge in [0.05, 0.1) is 22.8 Å². The van der Waals surface area contributed by atoms with Crippen LogP contribution in [0.1, 0.15) is 58.3 Å². The third-order valence-electron chi connectivity index (χ3n) is 6.86. The summed E-state index contributed by atoms with van der Waals surface area (Å²) < 4.78 is 7.38. The topological polar surface area (TPSA) is 87.6 Å². The molecule has 0 bridgehead atoms. The summed E-state index contributed by atoms with van der Waals surface area (Å²) in [6.07, 6.45) is 6.16. The van der Waals surface area contributed by atoms with Gasteiger partial charge in [-0.15, -0.1) is 11.3 Å². The van der Waals surface area contributed by atoms with Crippen molar-refractivity contribution in [2.75, 3.05) is 6.61 Å². The number of hydrogen-bond acceptors (Lipinski definition) is 7. The van der Waals surface area contributed by atoms with Crippen molar-refractivity contribution in [3.63, 3.8) is 0 Å². The van der Waals surface area contributed by atoms with Gasteiger partial charge in [0.2, 0.25) is 0 Å². The molecule has 2 aliphatic rings. The minimum absolute atomic E-state index is 0.0789. The molecule has 0 spiro atoms. The fourth-order valence-electron chi connectivity index (χ4n) is 4.94. The zero-order valence-electron chi connectivity index (χ0n) is 21.9. The highest BCUT2D eigenvalue weighted by Crippen LogP contribution is 2.42. The van der Waals surface area contributed by atoms with Crippen LogP contribution in [0, 0.1) is 32.1 Å². The molecule has 38 heavy (non-hydrogen) atoms. The van der Waals surface area contributed by atoms with E-state index in [-0.39, 0.29) is 17.9 Å². The predicted octanol–water partition coefficient (Wildman–Crippen LogP) is 7.41. The molecule has 3 heterocycles. The summed E-state index contributed by atoms with van der Waals surface area (Å²) in [6, 6.07) is 12.2. The number of rotatable bonds is 5. The number of ether oxygens (including phenoxy) is 1. The summed E-state index contributed by atoms with van der Waals surface area (Å²) in [4.78, 5) is 19.3. The van der Waals surface area contributed by atoms with E-state index < -0.39 is 5.97 Å². The Bertz CT molecular complexity index is 1560. The SMILES string of the molecule is CCOC(=O)C1=C(O)/C(=C\c2cc(C)n(-c3sc4c(c3C#N)CCCC4)c2C)SC1=Nc1ccc(C)cc1. The Morgan fingerprint density at radius 2 is 1.95 bits per heavy atom. The molecule has 1 N–H and O–H groups in total. The molecule has 1 aliphatic heterocycles. The molecule has 1 aromatic carbocycles. The number of carbonyl (C=O) groups excluding carboxylic acids is 1. The number of aliphatic imine (C=N–C) groups is 1. The van der Waals surface area contributed by atoms with E-state index in [1.165, 1.54) is 22.2 Å². The van der Waals surface area contributed by atoms with Gasteiger partial charge in [0.25, 0.3) is 0 Å². The molecule has 0 unspecified atom stereocenters. The fourth-order valence-corrected chi connectivity index (χ4v) is 7.42. The van der Waals surface area contributed by atoms with E-state index in [9.17, 15) is 15.2 Å². The van der Waals surface area contributed by atoms with Gasteiger partial charge >= 0.3 is 5.97 Å². The van der Waals surface area contributed by atoms with Crippen LogP contribution in [0.15, 0.2) is 51.6 Å². The minimum Gasteiger partial charge on any atom is -0.506 e. The first-order chi connectivity index (χ1) is 18.3. The zero-order valence-corrected chi connectivity index (χ0v) is 23.6. The highest BCUT2D eigenvalue weighted by Gasteiger charge is 2.33. The van der Waals surface area contributed by atoms with Gasteiger partial charge in [0.15, 0.2) is 0 Å². The van der Waals surface area contributed by atoms with Crippen molar-refractivity contribution in [2.45, 2.75) is 53.4 Å². The monoisotopic (exact) mass is 543 g/mol. The number of benzene rings is 1. The van der Waals surface area contributed by atoms with Gasteiger partial charge in [-0.2, -0.15) is 5.26 Å². The van der Waals surface area contributed by atoms with Crippen LogP contribution in [0.2, 0.25) is 0 Å². The van der Waals surface area contributed by atoms with Gasteiger partial charge in [-0.3, -0.25) is 0 Å². The lowest BCUT2D eigenvalue weighted by Crippen LogP contribution is -2.12. The minimum atomic E-state index is -0.597. The molecule has 0 atom stereocenters.